The number of aliphatic hydroxyl groups excluding tert-OH is 2. The second-order valence-corrected chi connectivity index (χ2v) is 10.5. The van der Waals surface area contributed by atoms with Gasteiger partial charge in [0.05, 0.1) is 18.8 Å². The number of carbonyl (C=O) groups is 1. The van der Waals surface area contributed by atoms with Crippen molar-refractivity contribution in [2.75, 3.05) is 6.61 Å². The highest BCUT2D eigenvalue weighted by molar-refractivity contribution is 5.76. The standard InChI is InChI=1S/C32H61NO3/c1-3-5-7-9-11-13-15-16-18-19-21-23-25-27-31(35)30(29-34)33-32(36)28-26-24-22-20-17-14-12-10-8-6-4-2/h18-19,25,27,30-31,34-35H,3-17,20-24,26,28-29H2,1-2H3,(H,33,36). The van der Waals surface area contributed by atoms with Crippen molar-refractivity contribution in [3.8, 4) is 0 Å². The van der Waals surface area contributed by atoms with Crippen LogP contribution in [0.15, 0.2) is 24.3 Å². The molecule has 0 aliphatic carbocycles. The number of nitrogens with one attached hydrogen (secondary N) is 1. The number of carbonyl (C=O) groups excluding carboxylic acids is 1. The molecule has 0 radical (unpaired) electrons. The van der Waals surface area contributed by atoms with E-state index in [1.54, 1.807) is 6.08 Å². The first-order chi connectivity index (χ1) is 17.7. The minimum absolute atomic E-state index is 0.0780. The maximum absolute atomic E-state index is 12.2. The van der Waals surface area contributed by atoms with Gasteiger partial charge in [-0.05, 0) is 32.1 Å². The van der Waals surface area contributed by atoms with Gasteiger partial charge in [-0.25, -0.2) is 0 Å². The van der Waals surface area contributed by atoms with Crippen LogP contribution in [0.4, 0.5) is 0 Å². The van der Waals surface area contributed by atoms with Gasteiger partial charge in [0.25, 0.3) is 0 Å². The molecule has 0 spiro atoms. The molecule has 4 heteroatoms. The zero-order valence-corrected chi connectivity index (χ0v) is 24.0. The van der Waals surface area contributed by atoms with Gasteiger partial charge in [0.15, 0.2) is 0 Å². The smallest absolute Gasteiger partial charge is 0.220 e. The third-order valence-corrected chi connectivity index (χ3v) is 6.94. The van der Waals surface area contributed by atoms with Crippen LogP contribution < -0.4 is 5.32 Å². The molecular weight excluding hydrogens is 446 g/mol. The first-order valence-electron chi connectivity index (χ1n) is 15.6. The lowest BCUT2D eigenvalue weighted by Crippen LogP contribution is -2.45. The summed E-state index contributed by atoms with van der Waals surface area (Å²) in [5, 5.41) is 22.7. The molecule has 4 nitrogen and oxygen atoms in total. The number of hydrogen-bond acceptors (Lipinski definition) is 3. The van der Waals surface area contributed by atoms with Gasteiger partial charge in [-0.3, -0.25) is 4.79 Å². The van der Waals surface area contributed by atoms with Crippen molar-refractivity contribution in [2.24, 2.45) is 0 Å². The second kappa shape index (κ2) is 28.4. The van der Waals surface area contributed by atoms with Crippen molar-refractivity contribution < 1.29 is 15.0 Å². The zero-order valence-electron chi connectivity index (χ0n) is 24.0. The molecule has 36 heavy (non-hydrogen) atoms. The monoisotopic (exact) mass is 507 g/mol. The topological polar surface area (TPSA) is 69.6 Å². The minimum Gasteiger partial charge on any atom is -0.394 e. The number of aliphatic hydroxyl groups is 2. The maximum Gasteiger partial charge on any atom is 0.220 e. The van der Waals surface area contributed by atoms with Crippen molar-refractivity contribution in [3.63, 3.8) is 0 Å². The fourth-order valence-corrected chi connectivity index (χ4v) is 4.48. The average molecular weight is 508 g/mol. The summed E-state index contributed by atoms with van der Waals surface area (Å²) in [5.74, 6) is -0.0780. The highest BCUT2D eigenvalue weighted by atomic mass is 16.3. The Morgan fingerprint density at radius 3 is 1.61 bits per heavy atom. The van der Waals surface area contributed by atoms with Crippen LogP contribution in [0.25, 0.3) is 0 Å². The van der Waals surface area contributed by atoms with Gasteiger partial charge in [0.1, 0.15) is 0 Å². The van der Waals surface area contributed by atoms with Crippen molar-refractivity contribution in [3.05, 3.63) is 24.3 Å². The van der Waals surface area contributed by atoms with E-state index in [0.717, 1.165) is 32.1 Å². The summed E-state index contributed by atoms with van der Waals surface area (Å²) in [6.07, 6.45) is 33.9. The highest BCUT2D eigenvalue weighted by Gasteiger charge is 2.17. The van der Waals surface area contributed by atoms with Crippen LogP contribution in [-0.2, 0) is 4.79 Å². The fourth-order valence-electron chi connectivity index (χ4n) is 4.48. The number of hydrogen-bond donors (Lipinski definition) is 3. The molecule has 0 heterocycles. The maximum atomic E-state index is 12.2. The summed E-state index contributed by atoms with van der Waals surface area (Å²) in [7, 11) is 0. The molecule has 0 aliphatic heterocycles. The zero-order chi connectivity index (χ0) is 26.5. The first kappa shape index (κ1) is 34.9. The third-order valence-electron chi connectivity index (χ3n) is 6.94. The Labute approximate surface area is 224 Å². The molecular formula is C32H61NO3. The molecule has 0 aromatic heterocycles. The third kappa shape index (κ3) is 24.6. The summed E-state index contributed by atoms with van der Waals surface area (Å²) < 4.78 is 0. The van der Waals surface area contributed by atoms with E-state index in [0.29, 0.717) is 6.42 Å². The van der Waals surface area contributed by atoms with Crippen molar-refractivity contribution in [2.45, 2.75) is 167 Å². The largest absolute Gasteiger partial charge is 0.394 e. The van der Waals surface area contributed by atoms with Crippen LogP contribution in [0.1, 0.15) is 155 Å². The molecule has 3 N–H and O–H groups in total. The summed E-state index contributed by atoms with van der Waals surface area (Å²) in [4.78, 5) is 12.2. The Morgan fingerprint density at radius 1 is 0.639 bits per heavy atom. The van der Waals surface area contributed by atoms with Gasteiger partial charge in [0, 0.05) is 6.42 Å². The van der Waals surface area contributed by atoms with Crippen LogP contribution in [0.5, 0.6) is 0 Å². The van der Waals surface area contributed by atoms with Crippen molar-refractivity contribution >= 4 is 5.91 Å². The Kier molecular flexibility index (Phi) is 27.5. The summed E-state index contributed by atoms with van der Waals surface area (Å²) in [6, 6.07) is -0.630. The molecule has 0 fully saturated rings. The van der Waals surface area contributed by atoms with Crippen LogP contribution >= 0.6 is 0 Å². The van der Waals surface area contributed by atoms with Crippen LogP contribution in [0, 0.1) is 0 Å². The van der Waals surface area contributed by atoms with Crippen LogP contribution in [0.3, 0.4) is 0 Å². The molecule has 0 aromatic carbocycles. The van der Waals surface area contributed by atoms with E-state index < -0.39 is 12.1 Å². The van der Waals surface area contributed by atoms with E-state index >= 15 is 0 Å². The molecule has 0 saturated carbocycles. The number of amides is 1. The predicted molar refractivity (Wildman–Crippen MR) is 156 cm³/mol. The molecule has 0 bridgehead atoms. The fraction of sp³-hybridized carbons (Fsp3) is 0.844. The van der Waals surface area contributed by atoms with Gasteiger partial charge in [0.2, 0.25) is 5.91 Å². The van der Waals surface area contributed by atoms with Gasteiger partial charge in [-0.2, -0.15) is 0 Å². The molecule has 1 amide bonds. The number of allylic oxidation sites excluding steroid dienone is 3. The lowest BCUT2D eigenvalue weighted by Gasteiger charge is -2.19. The Balaban J connectivity index is 3.74. The predicted octanol–water partition coefficient (Wildman–Crippen LogP) is 8.56. The van der Waals surface area contributed by atoms with Gasteiger partial charge in [-0.1, -0.05) is 141 Å². The lowest BCUT2D eigenvalue weighted by atomic mass is 10.0. The molecule has 0 saturated heterocycles. The van der Waals surface area contributed by atoms with Crippen molar-refractivity contribution in [1.29, 1.82) is 0 Å². The van der Waals surface area contributed by atoms with Gasteiger partial charge in [-0.15, -0.1) is 0 Å². The molecule has 2 unspecified atom stereocenters. The SMILES string of the molecule is CCCCCCCCCC=CCCC=CC(O)C(CO)NC(=O)CCCCCCCCCCCCC. The van der Waals surface area contributed by atoms with E-state index in [-0.39, 0.29) is 12.5 Å². The van der Waals surface area contributed by atoms with E-state index in [1.807, 2.05) is 6.08 Å². The Bertz CT molecular complexity index is 518. The normalized spacial score (nSPS) is 13.6. The highest BCUT2D eigenvalue weighted by Crippen LogP contribution is 2.12. The quantitative estimate of drug-likeness (QED) is 0.0770. The van der Waals surface area contributed by atoms with Gasteiger partial charge < -0.3 is 15.5 Å². The van der Waals surface area contributed by atoms with Crippen LogP contribution in [-0.4, -0.2) is 34.9 Å². The van der Waals surface area contributed by atoms with Crippen molar-refractivity contribution in [1.82, 2.24) is 5.32 Å². The molecule has 2 atom stereocenters. The van der Waals surface area contributed by atoms with E-state index in [9.17, 15) is 15.0 Å². The minimum atomic E-state index is -0.854. The average Bonchev–Trinajstić information content (AvgIpc) is 2.88. The molecule has 0 aromatic rings. The molecule has 0 aliphatic rings. The molecule has 212 valence electrons. The summed E-state index contributed by atoms with van der Waals surface area (Å²) in [5.41, 5.74) is 0. The van der Waals surface area contributed by atoms with Crippen LogP contribution in [0.2, 0.25) is 0 Å². The van der Waals surface area contributed by atoms with E-state index in [1.165, 1.54) is 103 Å². The van der Waals surface area contributed by atoms with E-state index in [2.05, 4.69) is 31.3 Å². The second-order valence-electron chi connectivity index (χ2n) is 10.5. The molecule has 0 rings (SSSR count). The summed E-state index contributed by atoms with van der Waals surface area (Å²) >= 11 is 0. The Morgan fingerprint density at radius 2 is 1.08 bits per heavy atom. The van der Waals surface area contributed by atoms with Gasteiger partial charge >= 0.3 is 0 Å². The number of unbranched alkanes of at least 4 members (excludes halogenated alkanes) is 18. The first-order valence-corrected chi connectivity index (χ1v) is 15.6. The van der Waals surface area contributed by atoms with E-state index in [4.69, 9.17) is 0 Å². The lowest BCUT2D eigenvalue weighted by molar-refractivity contribution is -0.123. The Hall–Kier alpha value is -1.13. The number of rotatable bonds is 27. The summed E-state index contributed by atoms with van der Waals surface area (Å²) in [6.45, 7) is 4.25.